The largest absolute Gasteiger partial charge is 0.480 e. The summed E-state index contributed by atoms with van der Waals surface area (Å²) in [6.07, 6.45) is 2.11. The minimum absolute atomic E-state index is 0.0568. The van der Waals surface area contributed by atoms with Crippen molar-refractivity contribution in [1.82, 2.24) is 9.80 Å². The summed E-state index contributed by atoms with van der Waals surface area (Å²) >= 11 is 1.53. The quantitative estimate of drug-likeness (QED) is 0.801. The van der Waals surface area contributed by atoms with Crippen LogP contribution in [0.4, 0.5) is 4.79 Å². The van der Waals surface area contributed by atoms with Crippen molar-refractivity contribution in [3.8, 4) is 0 Å². The third-order valence-electron chi connectivity index (χ3n) is 3.90. The molecule has 0 saturated carbocycles. The van der Waals surface area contributed by atoms with E-state index in [1.54, 1.807) is 0 Å². The van der Waals surface area contributed by atoms with Gasteiger partial charge < -0.3 is 10.0 Å². The van der Waals surface area contributed by atoms with Gasteiger partial charge in [-0.15, -0.1) is 11.8 Å². The molecule has 0 aromatic heterocycles. The Hall–Kier alpha value is -0.910. The second-order valence-electron chi connectivity index (χ2n) is 6.17. The Morgan fingerprint density at radius 1 is 1.37 bits per heavy atom. The molecule has 0 radical (unpaired) electrons. The van der Waals surface area contributed by atoms with Crippen molar-refractivity contribution in [2.24, 2.45) is 5.41 Å². The number of nitrogens with zero attached hydrogens (tertiary/aromatic N) is 2. The topological polar surface area (TPSA) is 60.9 Å². The van der Waals surface area contributed by atoms with Gasteiger partial charge in [0, 0.05) is 18.8 Å². The number of carbonyl (C=O) groups excluding carboxylic acids is 1. The lowest BCUT2D eigenvalue weighted by Crippen LogP contribution is -2.54. The molecule has 1 N–H and O–H groups in total. The Balaban J connectivity index is 2.11. The number of carbonyl (C=O) groups is 2. The zero-order chi connectivity index (χ0) is 14.2. The first-order valence-corrected chi connectivity index (χ1v) is 7.78. The van der Waals surface area contributed by atoms with Crippen LogP contribution in [0.2, 0.25) is 0 Å². The fourth-order valence-electron chi connectivity index (χ4n) is 2.87. The molecule has 19 heavy (non-hydrogen) atoms. The normalized spacial score (nSPS) is 30.5. The van der Waals surface area contributed by atoms with Crippen molar-refractivity contribution in [2.75, 3.05) is 18.8 Å². The van der Waals surface area contributed by atoms with Crippen molar-refractivity contribution in [3.63, 3.8) is 0 Å². The average Bonchev–Trinajstić information content (AvgIpc) is 2.69. The molecule has 2 atom stereocenters. The Labute approximate surface area is 118 Å². The third kappa shape index (κ3) is 2.99. The molecule has 2 saturated heterocycles. The number of rotatable bonds is 1. The summed E-state index contributed by atoms with van der Waals surface area (Å²) < 4.78 is 0. The predicted octanol–water partition coefficient (Wildman–Crippen LogP) is 2.08. The zero-order valence-electron chi connectivity index (χ0n) is 11.8. The summed E-state index contributed by atoms with van der Waals surface area (Å²) in [4.78, 5) is 27.2. The maximum Gasteiger partial charge on any atom is 0.327 e. The Bertz CT molecular complexity index is 386. The van der Waals surface area contributed by atoms with Crippen molar-refractivity contribution >= 4 is 23.8 Å². The van der Waals surface area contributed by atoms with E-state index in [2.05, 4.69) is 13.8 Å². The fraction of sp³-hybridized carbons (Fsp3) is 0.846. The van der Waals surface area contributed by atoms with Gasteiger partial charge in [-0.3, -0.25) is 4.90 Å². The monoisotopic (exact) mass is 286 g/mol. The smallest absolute Gasteiger partial charge is 0.327 e. The van der Waals surface area contributed by atoms with E-state index >= 15 is 0 Å². The molecule has 0 aromatic rings. The number of hydrogen-bond acceptors (Lipinski definition) is 3. The molecule has 0 spiro atoms. The zero-order valence-corrected chi connectivity index (χ0v) is 12.6. The van der Waals surface area contributed by atoms with Gasteiger partial charge in [0.05, 0.1) is 5.37 Å². The van der Waals surface area contributed by atoms with Gasteiger partial charge in [0.15, 0.2) is 0 Å². The molecule has 6 heteroatoms. The molecular weight excluding hydrogens is 264 g/mol. The van der Waals surface area contributed by atoms with E-state index in [9.17, 15) is 14.7 Å². The van der Waals surface area contributed by atoms with E-state index in [0.29, 0.717) is 12.3 Å². The third-order valence-corrected chi connectivity index (χ3v) is 5.12. The number of carboxylic acids is 1. The first-order valence-electron chi connectivity index (χ1n) is 6.73. The number of thioether (sulfide) groups is 1. The molecule has 2 unspecified atom stereocenters. The molecule has 0 aromatic carbocycles. The molecule has 108 valence electrons. The molecule has 2 amide bonds. The molecule has 2 heterocycles. The first-order chi connectivity index (χ1) is 8.82. The maximum atomic E-state index is 12.6. The van der Waals surface area contributed by atoms with Gasteiger partial charge in [0.2, 0.25) is 0 Å². The molecule has 2 rings (SSSR count). The van der Waals surface area contributed by atoms with Crippen LogP contribution in [0.1, 0.15) is 33.6 Å². The minimum atomic E-state index is -0.901. The van der Waals surface area contributed by atoms with E-state index in [-0.39, 0.29) is 16.8 Å². The minimum Gasteiger partial charge on any atom is -0.480 e. The Kier molecular flexibility index (Phi) is 3.99. The first kappa shape index (κ1) is 14.5. The predicted molar refractivity (Wildman–Crippen MR) is 75.2 cm³/mol. The van der Waals surface area contributed by atoms with Crippen LogP contribution in [-0.4, -0.2) is 57.2 Å². The summed E-state index contributed by atoms with van der Waals surface area (Å²) in [6, 6.07) is -0.796. The van der Waals surface area contributed by atoms with Gasteiger partial charge in [-0.1, -0.05) is 13.8 Å². The lowest BCUT2D eigenvalue weighted by atomic mass is 9.84. The summed E-state index contributed by atoms with van der Waals surface area (Å²) in [5.41, 5.74) is 0.128. The van der Waals surface area contributed by atoms with Gasteiger partial charge in [-0.05, 0) is 25.2 Å². The fourth-order valence-corrected chi connectivity index (χ4v) is 4.04. The number of urea groups is 1. The summed E-state index contributed by atoms with van der Waals surface area (Å²) in [5, 5.41) is 9.17. The lowest BCUT2D eigenvalue weighted by molar-refractivity contribution is -0.141. The van der Waals surface area contributed by atoms with E-state index < -0.39 is 12.0 Å². The van der Waals surface area contributed by atoms with Crippen LogP contribution in [0.3, 0.4) is 0 Å². The molecule has 2 aliphatic rings. The average molecular weight is 286 g/mol. The van der Waals surface area contributed by atoms with Crippen molar-refractivity contribution in [3.05, 3.63) is 0 Å². The number of amides is 2. The van der Waals surface area contributed by atoms with Gasteiger partial charge >= 0.3 is 12.0 Å². The van der Waals surface area contributed by atoms with E-state index in [0.717, 1.165) is 19.4 Å². The number of aliphatic carboxylic acids is 1. The van der Waals surface area contributed by atoms with Crippen molar-refractivity contribution < 1.29 is 14.7 Å². The van der Waals surface area contributed by atoms with Crippen LogP contribution < -0.4 is 0 Å². The highest BCUT2D eigenvalue weighted by molar-refractivity contribution is 8.00. The van der Waals surface area contributed by atoms with E-state index in [1.165, 1.54) is 16.7 Å². The lowest BCUT2D eigenvalue weighted by Gasteiger charge is -2.41. The Morgan fingerprint density at radius 3 is 2.63 bits per heavy atom. The highest BCUT2D eigenvalue weighted by atomic mass is 32.2. The second kappa shape index (κ2) is 5.23. The highest BCUT2D eigenvalue weighted by Crippen LogP contribution is 2.33. The standard InChI is InChI=1S/C13H22N2O3S/c1-9-15(10(7-19-9)11(16)17)12(18)14-6-4-5-13(2,3)8-14/h9-10H,4-8H2,1-3H3,(H,16,17). The molecule has 2 fully saturated rings. The SMILES string of the molecule is CC1SCC(C(=O)O)N1C(=O)N1CCCC(C)(C)C1. The number of hydrogen-bond donors (Lipinski definition) is 1. The van der Waals surface area contributed by atoms with Crippen molar-refractivity contribution in [1.29, 1.82) is 0 Å². The van der Waals surface area contributed by atoms with E-state index in [4.69, 9.17) is 0 Å². The summed E-state index contributed by atoms with van der Waals surface area (Å²) in [7, 11) is 0. The van der Waals surface area contributed by atoms with E-state index in [1.807, 2.05) is 11.8 Å². The van der Waals surface area contributed by atoms with Crippen LogP contribution in [0.25, 0.3) is 0 Å². The Morgan fingerprint density at radius 2 is 2.05 bits per heavy atom. The molecular formula is C13H22N2O3S. The van der Waals surface area contributed by atoms with Crippen LogP contribution >= 0.6 is 11.8 Å². The van der Waals surface area contributed by atoms with Gasteiger partial charge in [0.25, 0.3) is 0 Å². The second-order valence-corrected chi connectivity index (χ2v) is 7.51. The molecule has 5 nitrogen and oxygen atoms in total. The van der Waals surface area contributed by atoms with Crippen LogP contribution in [-0.2, 0) is 4.79 Å². The summed E-state index contributed by atoms with van der Waals surface area (Å²) in [5.74, 6) is -0.416. The van der Waals surface area contributed by atoms with Crippen LogP contribution in [0.15, 0.2) is 0 Å². The number of piperidine rings is 1. The van der Waals surface area contributed by atoms with Gasteiger partial charge in [0.1, 0.15) is 6.04 Å². The maximum absolute atomic E-state index is 12.6. The molecule has 2 aliphatic heterocycles. The van der Waals surface area contributed by atoms with Gasteiger partial charge in [-0.25, -0.2) is 9.59 Å². The number of carboxylic acid groups (broad SMARTS) is 1. The summed E-state index contributed by atoms with van der Waals surface area (Å²) in [6.45, 7) is 7.67. The van der Waals surface area contributed by atoms with Crippen LogP contribution in [0, 0.1) is 5.41 Å². The molecule has 0 bridgehead atoms. The van der Waals surface area contributed by atoms with Crippen LogP contribution in [0.5, 0.6) is 0 Å². The molecule has 0 aliphatic carbocycles. The van der Waals surface area contributed by atoms with Crippen molar-refractivity contribution in [2.45, 2.75) is 45.0 Å². The number of likely N-dealkylation sites (tertiary alicyclic amines) is 1. The highest BCUT2D eigenvalue weighted by Gasteiger charge is 2.42. The van der Waals surface area contributed by atoms with Gasteiger partial charge in [-0.2, -0.15) is 0 Å².